The van der Waals surface area contributed by atoms with Crippen molar-refractivity contribution in [2.75, 3.05) is 0 Å². The van der Waals surface area contributed by atoms with Crippen molar-refractivity contribution in [1.82, 2.24) is 19.9 Å². The Morgan fingerprint density at radius 1 is 0.297 bits per heavy atom. The van der Waals surface area contributed by atoms with Gasteiger partial charge in [-0.1, -0.05) is 224 Å². The number of pyridine rings is 1. The second kappa shape index (κ2) is 16.6. The maximum Gasteiger partial charge on any atom is 0.171 e. The van der Waals surface area contributed by atoms with Crippen molar-refractivity contribution < 1.29 is 4.57 Å². The van der Waals surface area contributed by atoms with E-state index in [1.165, 1.54) is 10.9 Å². The molecule has 0 saturated carbocycles. The summed E-state index contributed by atoms with van der Waals surface area (Å²) in [4.78, 5) is 20.3. The number of rotatable bonds is 9. The van der Waals surface area contributed by atoms with Crippen LogP contribution in [0.4, 0.5) is 0 Å². The Labute approximate surface area is 371 Å². The average Bonchev–Trinajstić information content (AvgIpc) is 3.39. The highest BCUT2D eigenvalue weighted by molar-refractivity contribution is 7.85. The smallest absolute Gasteiger partial charge is 0.171 e. The van der Waals surface area contributed by atoms with Crippen molar-refractivity contribution in [3.05, 3.63) is 237 Å². The topological polar surface area (TPSA) is 68.6 Å². The molecule has 0 atom stereocenters. The van der Waals surface area contributed by atoms with Crippen LogP contribution < -0.4 is 15.9 Å². The van der Waals surface area contributed by atoms with E-state index in [1.54, 1.807) is 0 Å². The van der Waals surface area contributed by atoms with Crippen LogP contribution in [-0.2, 0) is 4.57 Å². The number of hydrogen-bond donors (Lipinski definition) is 0. The van der Waals surface area contributed by atoms with E-state index in [4.69, 9.17) is 19.9 Å². The second-order valence-corrected chi connectivity index (χ2v) is 18.5. The molecule has 0 radical (unpaired) electrons. The van der Waals surface area contributed by atoms with Crippen LogP contribution in [0.25, 0.3) is 89.4 Å². The first kappa shape index (κ1) is 38.8. The first-order chi connectivity index (χ1) is 31.6. The van der Waals surface area contributed by atoms with Crippen LogP contribution in [0.15, 0.2) is 237 Å². The molecule has 2 heterocycles. The molecule has 0 N–H and O–H groups in total. The molecule has 64 heavy (non-hydrogen) atoms. The maximum absolute atomic E-state index is 15.1. The molecule has 0 spiro atoms. The van der Waals surface area contributed by atoms with Crippen molar-refractivity contribution in [3.63, 3.8) is 0 Å². The Morgan fingerprint density at radius 3 is 1.27 bits per heavy atom. The fourth-order valence-electron chi connectivity index (χ4n) is 8.61. The number of fused-ring (bicyclic) bond motifs is 3. The Morgan fingerprint density at radius 2 is 0.719 bits per heavy atom. The van der Waals surface area contributed by atoms with E-state index in [-0.39, 0.29) is 0 Å². The summed E-state index contributed by atoms with van der Waals surface area (Å²) in [5.74, 6) is 1.67. The molecule has 6 heteroatoms. The van der Waals surface area contributed by atoms with Crippen molar-refractivity contribution in [1.29, 1.82) is 0 Å². The monoisotopic (exact) mass is 838 g/mol. The highest BCUT2D eigenvalue weighted by Gasteiger charge is 2.29. The van der Waals surface area contributed by atoms with Gasteiger partial charge in [-0.15, -0.1) is 0 Å². The summed E-state index contributed by atoms with van der Waals surface area (Å²) in [6.07, 6.45) is 0. The number of nitrogens with zero attached hydrogens (tertiary/aromatic N) is 4. The van der Waals surface area contributed by atoms with Gasteiger partial charge in [0.1, 0.15) is 0 Å². The summed E-state index contributed by atoms with van der Waals surface area (Å²) < 4.78 is 15.1. The van der Waals surface area contributed by atoms with E-state index in [0.717, 1.165) is 76.8 Å². The SMILES string of the molecule is O=P(c1ccccc1)(c1ccccc1)c1ccc(-c2nc(-c3ccccc3)nc(-c3ccc(-c4ccc5nc(-c6ccccc6)c6cccc(-c7ccccc7)c6c5c4)cc3)n2)cc1. The van der Waals surface area contributed by atoms with E-state index in [9.17, 15) is 0 Å². The molecule has 0 aliphatic carbocycles. The molecule has 0 saturated heterocycles. The molecule has 0 aliphatic heterocycles. The van der Waals surface area contributed by atoms with Gasteiger partial charge in [-0.3, -0.25) is 0 Å². The van der Waals surface area contributed by atoms with Gasteiger partial charge < -0.3 is 4.57 Å². The third-order valence-corrected chi connectivity index (χ3v) is 14.9. The van der Waals surface area contributed by atoms with Crippen LogP contribution in [0.5, 0.6) is 0 Å². The fourth-order valence-corrected chi connectivity index (χ4v) is 11.3. The lowest BCUT2D eigenvalue weighted by Crippen LogP contribution is -2.24. The van der Waals surface area contributed by atoms with Gasteiger partial charge in [-0.2, -0.15) is 0 Å². The summed E-state index contributed by atoms with van der Waals surface area (Å²) in [5, 5.41) is 5.71. The van der Waals surface area contributed by atoms with Crippen LogP contribution in [0.1, 0.15) is 0 Å². The Hall–Kier alpha value is -8.11. The highest BCUT2D eigenvalue weighted by atomic mass is 31.2. The van der Waals surface area contributed by atoms with Crippen molar-refractivity contribution >= 4 is 44.7 Å². The standard InChI is InChI=1S/C58H39N4OP/c63-64(47-23-12-4-13-24-47,48-25-14-5-15-26-48)49-36-33-45(34-37-49)58-61-56(43-21-10-3-11-22-43)60-57(62-58)44-31-29-40(30-32-44)46-35-38-53-52(39-46)54-50(41-17-6-1-7-18-41)27-16-28-51(54)55(59-53)42-19-8-2-9-20-42/h1-39H. The third-order valence-electron chi connectivity index (χ3n) is 11.8. The lowest BCUT2D eigenvalue weighted by Gasteiger charge is -2.20. The zero-order valence-corrected chi connectivity index (χ0v) is 35.6. The molecular formula is C58H39N4OP. The first-order valence-electron chi connectivity index (χ1n) is 21.3. The maximum atomic E-state index is 15.1. The van der Waals surface area contributed by atoms with Gasteiger partial charge in [0.15, 0.2) is 24.6 Å². The average molecular weight is 839 g/mol. The summed E-state index contributed by atoms with van der Waals surface area (Å²) >= 11 is 0. The predicted molar refractivity (Wildman–Crippen MR) is 265 cm³/mol. The number of aromatic nitrogens is 4. The molecular weight excluding hydrogens is 800 g/mol. The molecule has 0 amide bonds. The number of hydrogen-bond acceptors (Lipinski definition) is 5. The molecule has 0 bridgehead atoms. The Bertz CT molecular complexity index is 3430. The molecule has 0 aliphatic rings. The lowest BCUT2D eigenvalue weighted by molar-refractivity contribution is 0.592. The van der Waals surface area contributed by atoms with Crippen LogP contribution in [0.3, 0.4) is 0 Å². The molecule has 11 aromatic rings. The van der Waals surface area contributed by atoms with E-state index in [1.807, 2.05) is 121 Å². The van der Waals surface area contributed by atoms with Gasteiger partial charge in [0.25, 0.3) is 0 Å². The van der Waals surface area contributed by atoms with Gasteiger partial charge >= 0.3 is 0 Å². The van der Waals surface area contributed by atoms with Crippen LogP contribution >= 0.6 is 7.14 Å². The minimum Gasteiger partial charge on any atom is -0.309 e. The van der Waals surface area contributed by atoms with Gasteiger partial charge in [-0.25, -0.2) is 19.9 Å². The summed E-state index contributed by atoms with van der Waals surface area (Å²) in [5.41, 5.74) is 10.0. The highest BCUT2D eigenvalue weighted by Crippen LogP contribution is 2.43. The molecule has 0 unspecified atom stereocenters. The largest absolute Gasteiger partial charge is 0.309 e. The van der Waals surface area contributed by atoms with Crippen molar-refractivity contribution in [2.45, 2.75) is 0 Å². The normalized spacial score (nSPS) is 11.5. The zero-order valence-electron chi connectivity index (χ0n) is 34.7. The van der Waals surface area contributed by atoms with Crippen molar-refractivity contribution in [2.24, 2.45) is 0 Å². The molecule has 5 nitrogen and oxygen atoms in total. The van der Waals surface area contributed by atoms with E-state index >= 15 is 4.57 Å². The molecule has 2 aromatic heterocycles. The van der Waals surface area contributed by atoms with Crippen LogP contribution in [0.2, 0.25) is 0 Å². The van der Waals surface area contributed by atoms with E-state index < -0.39 is 7.14 Å². The number of benzene rings is 9. The van der Waals surface area contributed by atoms with Crippen LogP contribution in [-0.4, -0.2) is 19.9 Å². The van der Waals surface area contributed by atoms with Crippen LogP contribution in [0, 0.1) is 0 Å². The lowest BCUT2D eigenvalue weighted by atomic mass is 9.91. The quantitative estimate of drug-likeness (QED) is 0.107. The van der Waals surface area contributed by atoms with Crippen molar-refractivity contribution in [3.8, 4) is 67.7 Å². The van der Waals surface area contributed by atoms with E-state index in [0.29, 0.717) is 17.5 Å². The molecule has 11 rings (SSSR count). The third kappa shape index (κ3) is 7.18. The molecule has 9 aromatic carbocycles. The second-order valence-electron chi connectivity index (χ2n) is 15.7. The first-order valence-corrected chi connectivity index (χ1v) is 23.0. The fraction of sp³-hybridized carbons (Fsp3) is 0. The summed E-state index contributed by atoms with van der Waals surface area (Å²) in [7, 11) is -3.15. The zero-order chi connectivity index (χ0) is 42.9. The minimum atomic E-state index is -3.15. The Kier molecular flexibility index (Phi) is 10.1. The predicted octanol–water partition coefficient (Wildman–Crippen LogP) is 13.2. The van der Waals surface area contributed by atoms with Gasteiger partial charge in [0.2, 0.25) is 0 Å². The Balaban J connectivity index is 0.989. The molecule has 302 valence electrons. The van der Waals surface area contributed by atoms with Gasteiger partial charge in [0, 0.05) is 54.3 Å². The minimum absolute atomic E-state index is 0.534. The van der Waals surface area contributed by atoms with Gasteiger partial charge in [0.05, 0.1) is 11.2 Å². The van der Waals surface area contributed by atoms with Gasteiger partial charge in [-0.05, 0) is 34.4 Å². The molecule has 0 fully saturated rings. The van der Waals surface area contributed by atoms with E-state index in [2.05, 4.69) is 115 Å². The summed E-state index contributed by atoms with van der Waals surface area (Å²) in [6, 6.07) is 79.8. The summed E-state index contributed by atoms with van der Waals surface area (Å²) in [6.45, 7) is 0.